The van der Waals surface area contributed by atoms with Gasteiger partial charge in [0.15, 0.2) is 0 Å². The minimum atomic E-state index is -0.178. The normalized spacial score (nSPS) is 16.1. The van der Waals surface area contributed by atoms with E-state index in [1.165, 1.54) is 0 Å². The van der Waals surface area contributed by atoms with Crippen molar-refractivity contribution in [2.24, 2.45) is 5.41 Å². The maximum absolute atomic E-state index is 9.01. The molecule has 1 aromatic rings. The van der Waals surface area contributed by atoms with Gasteiger partial charge in [-0.25, -0.2) is 0 Å². The number of hydrogen-bond acceptors (Lipinski definition) is 3. The standard InChI is InChI=1S/C13H15ClN2O/c1-9-5-12(17-2)11(6-10(9)14)16-8-13(7-15)3-4-13/h5-6,16H,3-4,8H2,1-2H3. The lowest BCUT2D eigenvalue weighted by atomic mass is 10.1. The summed E-state index contributed by atoms with van der Waals surface area (Å²) in [5.41, 5.74) is 1.66. The van der Waals surface area contributed by atoms with Gasteiger partial charge in [0.05, 0.1) is 24.3 Å². The van der Waals surface area contributed by atoms with Gasteiger partial charge in [0, 0.05) is 11.6 Å². The van der Waals surface area contributed by atoms with E-state index >= 15 is 0 Å². The van der Waals surface area contributed by atoms with Gasteiger partial charge in [0.2, 0.25) is 0 Å². The molecule has 4 heteroatoms. The van der Waals surface area contributed by atoms with Crippen molar-refractivity contribution < 1.29 is 4.74 Å². The van der Waals surface area contributed by atoms with Crippen LogP contribution in [0.4, 0.5) is 5.69 Å². The van der Waals surface area contributed by atoms with Crippen LogP contribution in [0.25, 0.3) is 0 Å². The Morgan fingerprint density at radius 3 is 2.76 bits per heavy atom. The lowest BCUT2D eigenvalue weighted by molar-refractivity contribution is 0.416. The van der Waals surface area contributed by atoms with Crippen molar-refractivity contribution in [2.75, 3.05) is 19.0 Å². The summed E-state index contributed by atoms with van der Waals surface area (Å²) in [6.45, 7) is 2.59. The third-order valence-electron chi connectivity index (χ3n) is 3.19. The molecule has 1 aromatic carbocycles. The fourth-order valence-electron chi connectivity index (χ4n) is 1.71. The SMILES string of the molecule is COc1cc(C)c(Cl)cc1NCC1(C#N)CC1. The van der Waals surface area contributed by atoms with E-state index in [1.807, 2.05) is 19.1 Å². The van der Waals surface area contributed by atoms with E-state index < -0.39 is 0 Å². The van der Waals surface area contributed by atoms with Gasteiger partial charge in [-0.05, 0) is 37.5 Å². The molecule has 90 valence electrons. The molecule has 0 heterocycles. The molecule has 1 saturated carbocycles. The Bertz CT molecular complexity index is 475. The van der Waals surface area contributed by atoms with Crippen LogP contribution in [0.3, 0.4) is 0 Å². The number of nitrogens with one attached hydrogen (secondary N) is 1. The average Bonchev–Trinajstić information content (AvgIpc) is 3.11. The predicted octanol–water partition coefficient (Wildman–Crippen LogP) is 3.37. The summed E-state index contributed by atoms with van der Waals surface area (Å²) in [5.74, 6) is 0.764. The number of ether oxygens (including phenoxy) is 1. The van der Waals surface area contributed by atoms with E-state index in [9.17, 15) is 0 Å². The van der Waals surface area contributed by atoms with E-state index in [2.05, 4.69) is 11.4 Å². The van der Waals surface area contributed by atoms with Gasteiger partial charge >= 0.3 is 0 Å². The molecule has 0 amide bonds. The van der Waals surface area contributed by atoms with Crippen LogP contribution in [0.1, 0.15) is 18.4 Å². The molecule has 1 N–H and O–H groups in total. The first-order chi connectivity index (χ1) is 8.10. The minimum absolute atomic E-state index is 0.178. The van der Waals surface area contributed by atoms with Gasteiger partial charge in [-0.2, -0.15) is 5.26 Å². The van der Waals surface area contributed by atoms with Crippen LogP contribution in [0.15, 0.2) is 12.1 Å². The van der Waals surface area contributed by atoms with Gasteiger partial charge in [0.1, 0.15) is 5.75 Å². The predicted molar refractivity (Wildman–Crippen MR) is 68.5 cm³/mol. The fourth-order valence-corrected chi connectivity index (χ4v) is 1.87. The lowest BCUT2D eigenvalue weighted by Crippen LogP contribution is -2.14. The second-order valence-electron chi connectivity index (χ2n) is 4.55. The van der Waals surface area contributed by atoms with Crippen molar-refractivity contribution in [3.63, 3.8) is 0 Å². The smallest absolute Gasteiger partial charge is 0.142 e. The quantitative estimate of drug-likeness (QED) is 0.891. The second-order valence-corrected chi connectivity index (χ2v) is 4.95. The summed E-state index contributed by atoms with van der Waals surface area (Å²) in [7, 11) is 1.63. The Balaban J connectivity index is 2.15. The number of nitrogens with zero attached hydrogens (tertiary/aromatic N) is 1. The average molecular weight is 251 g/mol. The van der Waals surface area contributed by atoms with Crippen LogP contribution in [0.2, 0.25) is 5.02 Å². The molecule has 3 nitrogen and oxygen atoms in total. The molecule has 1 aliphatic carbocycles. The number of anilines is 1. The molecule has 0 atom stereocenters. The largest absolute Gasteiger partial charge is 0.495 e. The number of rotatable bonds is 4. The Labute approximate surface area is 106 Å². The van der Waals surface area contributed by atoms with E-state index in [0.717, 1.165) is 29.8 Å². The highest BCUT2D eigenvalue weighted by atomic mass is 35.5. The summed E-state index contributed by atoms with van der Waals surface area (Å²) in [5, 5.41) is 13.0. The monoisotopic (exact) mass is 250 g/mol. The van der Waals surface area contributed by atoms with E-state index in [-0.39, 0.29) is 5.41 Å². The Morgan fingerprint density at radius 2 is 2.24 bits per heavy atom. The topological polar surface area (TPSA) is 45.0 Å². The highest BCUT2D eigenvalue weighted by molar-refractivity contribution is 6.31. The zero-order chi connectivity index (χ0) is 12.5. The van der Waals surface area contributed by atoms with Crippen LogP contribution >= 0.6 is 11.6 Å². The molecular weight excluding hydrogens is 236 g/mol. The molecule has 0 radical (unpaired) electrons. The maximum Gasteiger partial charge on any atom is 0.142 e. The van der Waals surface area contributed by atoms with E-state index in [1.54, 1.807) is 7.11 Å². The molecule has 1 fully saturated rings. The van der Waals surface area contributed by atoms with Gasteiger partial charge in [0.25, 0.3) is 0 Å². The van der Waals surface area contributed by atoms with Gasteiger partial charge in [-0.3, -0.25) is 0 Å². The Kier molecular flexibility index (Phi) is 3.17. The number of benzene rings is 1. The van der Waals surface area contributed by atoms with E-state index in [4.69, 9.17) is 21.6 Å². The van der Waals surface area contributed by atoms with Crippen molar-refractivity contribution in [1.82, 2.24) is 0 Å². The van der Waals surface area contributed by atoms with Crippen molar-refractivity contribution >= 4 is 17.3 Å². The summed E-state index contributed by atoms with van der Waals surface area (Å²) in [4.78, 5) is 0. The minimum Gasteiger partial charge on any atom is -0.495 e. The third kappa shape index (κ3) is 2.48. The zero-order valence-electron chi connectivity index (χ0n) is 10.0. The van der Waals surface area contributed by atoms with Crippen LogP contribution in [0, 0.1) is 23.7 Å². The summed E-state index contributed by atoms with van der Waals surface area (Å²) in [6.07, 6.45) is 1.94. The maximum atomic E-state index is 9.01. The lowest BCUT2D eigenvalue weighted by Gasteiger charge is -2.14. The van der Waals surface area contributed by atoms with Crippen LogP contribution in [0.5, 0.6) is 5.75 Å². The molecule has 1 aliphatic rings. The molecular formula is C13H15ClN2O. The summed E-state index contributed by atoms with van der Waals surface area (Å²) in [6, 6.07) is 6.10. The van der Waals surface area contributed by atoms with Crippen LogP contribution in [-0.4, -0.2) is 13.7 Å². The molecule has 0 aliphatic heterocycles. The van der Waals surface area contributed by atoms with Crippen molar-refractivity contribution in [1.29, 1.82) is 5.26 Å². The summed E-state index contributed by atoms with van der Waals surface area (Å²) < 4.78 is 5.30. The second kappa shape index (κ2) is 4.46. The first-order valence-corrected chi connectivity index (χ1v) is 5.97. The highest BCUT2D eigenvalue weighted by Crippen LogP contribution is 2.45. The van der Waals surface area contributed by atoms with Gasteiger partial charge < -0.3 is 10.1 Å². The molecule has 2 rings (SSSR count). The number of nitriles is 1. The van der Waals surface area contributed by atoms with Crippen LogP contribution < -0.4 is 10.1 Å². The number of methoxy groups -OCH3 is 1. The molecule has 0 aromatic heterocycles. The highest BCUT2D eigenvalue weighted by Gasteiger charge is 2.42. The third-order valence-corrected chi connectivity index (χ3v) is 3.60. The number of halogens is 1. The first kappa shape index (κ1) is 12.1. The molecule has 0 spiro atoms. The number of aryl methyl sites for hydroxylation is 1. The molecule has 0 unspecified atom stereocenters. The Hall–Kier alpha value is -1.40. The Morgan fingerprint density at radius 1 is 1.53 bits per heavy atom. The van der Waals surface area contributed by atoms with Crippen LogP contribution in [-0.2, 0) is 0 Å². The van der Waals surface area contributed by atoms with Crippen molar-refractivity contribution in [3.8, 4) is 11.8 Å². The van der Waals surface area contributed by atoms with Crippen molar-refractivity contribution in [2.45, 2.75) is 19.8 Å². The van der Waals surface area contributed by atoms with Crippen molar-refractivity contribution in [3.05, 3.63) is 22.7 Å². The van der Waals surface area contributed by atoms with Gasteiger partial charge in [-0.1, -0.05) is 11.6 Å². The zero-order valence-corrected chi connectivity index (χ0v) is 10.8. The summed E-state index contributed by atoms with van der Waals surface area (Å²) >= 11 is 6.08. The van der Waals surface area contributed by atoms with Gasteiger partial charge in [-0.15, -0.1) is 0 Å². The van der Waals surface area contributed by atoms with E-state index in [0.29, 0.717) is 11.6 Å². The molecule has 17 heavy (non-hydrogen) atoms. The molecule has 0 saturated heterocycles. The molecule has 0 bridgehead atoms. The first-order valence-electron chi connectivity index (χ1n) is 5.59. The fraction of sp³-hybridized carbons (Fsp3) is 0.462. The number of hydrogen-bond donors (Lipinski definition) is 1.